The Hall–Kier alpha value is -0.550. The average molecular weight is 437 g/mol. The molecule has 5 heteroatoms. The van der Waals surface area contributed by atoms with E-state index in [1.54, 1.807) is 11.8 Å². The van der Waals surface area contributed by atoms with Crippen LogP contribution in [0.1, 0.15) is 78.1 Å². The van der Waals surface area contributed by atoms with Gasteiger partial charge in [0.1, 0.15) is 5.78 Å². The number of ketones is 1. The van der Waals surface area contributed by atoms with Crippen molar-refractivity contribution >= 4 is 23.5 Å². The van der Waals surface area contributed by atoms with Gasteiger partial charge in [0.2, 0.25) is 0 Å². The van der Waals surface area contributed by atoms with Crippen LogP contribution in [-0.2, 0) is 19.1 Å². The zero-order valence-electron chi connectivity index (χ0n) is 19.1. The number of carbonyl (C=O) groups is 2. The number of ether oxygens (including phenoxy) is 2. The fourth-order valence-electron chi connectivity index (χ4n) is 7.77. The zero-order valence-corrected chi connectivity index (χ0v) is 19.9. The van der Waals surface area contributed by atoms with Crippen LogP contribution in [0.5, 0.6) is 0 Å². The summed E-state index contributed by atoms with van der Waals surface area (Å²) in [5, 5.41) is 0. The summed E-state index contributed by atoms with van der Waals surface area (Å²) in [6.07, 6.45) is 12.1. The van der Waals surface area contributed by atoms with Gasteiger partial charge in [0.15, 0.2) is 0 Å². The van der Waals surface area contributed by atoms with Crippen LogP contribution in [0.25, 0.3) is 0 Å². The number of rotatable bonds is 7. The number of carbonyl (C=O) groups excluding carboxylic acids is 2. The minimum Gasteiger partial charge on any atom is -0.468 e. The first-order valence-electron chi connectivity index (χ1n) is 12.2. The topological polar surface area (TPSA) is 52.6 Å². The maximum atomic E-state index is 12.6. The van der Waals surface area contributed by atoms with E-state index in [4.69, 9.17) is 4.74 Å². The molecule has 0 aliphatic heterocycles. The van der Waals surface area contributed by atoms with Gasteiger partial charge < -0.3 is 9.47 Å². The predicted molar refractivity (Wildman–Crippen MR) is 120 cm³/mol. The van der Waals surface area contributed by atoms with Crippen LogP contribution in [0.15, 0.2) is 0 Å². The Morgan fingerprint density at radius 2 is 1.93 bits per heavy atom. The van der Waals surface area contributed by atoms with Crippen molar-refractivity contribution in [1.82, 2.24) is 0 Å². The fourth-order valence-corrected chi connectivity index (χ4v) is 8.52. The number of Topliss-reactive ketones (excluding diaryl/α,β-unsaturated/α-hetero) is 1. The Labute approximate surface area is 186 Å². The van der Waals surface area contributed by atoms with Crippen LogP contribution in [0.4, 0.5) is 0 Å². The SMILES string of the molecule is COC(=O)CSCCCO[C@H]1CC[C@@]2(C)[C@@H](CC[C@@H]3[C@@H]2CC[C@]2(C)C(=O)CC[C@@H]32)C1. The molecular weight excluding hydrogens is 396 g/mol. The van der Waals surface area contributed by atoms with Gasteiger partial charge in [-0.1, -0.05) is 13.8 Å². The molecule has 4 saturated carbocycles. The molecule has 0 bridgehead atoms. The van der Waals surface area contributed by atoms with Gasteiger partial charge in [0.25, 0.3) is 0 Å². The maximum Gasteiger partial charge on any atom is 0.315 e. The molecule has 0 aromatic heterocycles. The van der Waals surface area contributed by atoms with Gasteiger partial charge in [-0.3, -0.25) is 9.59 Å². The Morgan fingerprint density at radius 3 is 2.73 bits per heavy atom. The van der Waals surface area contributed by atoms with E-state index in [0.717, 1.165) is 55.8 Å². The molecule has 30 heavy (non-hydrogen) atoms. The molecule has 0 spiro atoms. The fraction of sp³-hybridized carbons (Fsp3) is 0.920. The lowest BCUT2D eigenvalue weighted by molar-refractivity contribution is -0.145. The summed E-state index contributed by atoms with van der Waals surface area (Å²) in [5.41, 5.74) is 0.447. The molecule has 4 fully saturated rings. The molecule has 0 aromatic rings. The minimum absolute atomic E-state index is 0.00342. The van der Waals surface area contributed by atoms with Gasteiger partial charge in [-0.2, -0.15) is 11.8 Å². The third-order valence-electron chi connectivity index (χ3n) is 9.56. The lowest BCUT2D eigenvalue weighted by Crippen LogP contribution is -2.54. The molecule has 0 aromatic carbocycles. The van der Waals surface area contributed by atoms with Gasteiger partial charge >= 0.3 is 5.97 Å². The van der Waals surface area contributed by atoms with Crippen LogP contribution in [-0.4, -0.2) is 43.1 Å². The number of fused-ring (bicyclic) bond motifs is 5. The summed E-state index contributed by atoms with van der Waals surface area (Å²) < 4.78 is 10.9. The van der Waals surface area contributed by atoms with Gasteiger partial charge in [-0.05, 0) is 92.6 Å². The summed E-state index contributed by atoms with van der Waals surface area (Å²) in [6, 6.07) is 0. The van der Waals surface area contributed by atoms with Crippen molar-refractivity contribution in [2.24, 2.45) is 34.5 Å². The number of hydrogen-bond donors (Lipinski definition) is 0. The van der Waals surface area contributed by atoms with E-state index in [0.29, 0.717) is 29.0 Å². The molecule has 0 radical (unpaired) electrons. The van der Waals surface area contributed by atoms with Crippen molar-refractivity contribution in [1.29, 1.82) is 0 Å². The molecule has 7 atom stereocenters. The number of hydrogen-bond acceptors (Lipinski definition) is 5. The van der Waals surface area contributed by atoms with Gasteiger partial charge in [-0.25, -0.2) is 0 Å². The van der Waals surface area contributed by atoms with Crippen LogP contribution in [0.3, 0.4) is 0 Å². The maximum absolute atomic E-state index is 12.6. The van der Waals surface area contributed by atoms with Crippen LogP contribution >= 0.6 is 11.8 Å². The lowest BCUT2D eigenvalue weighted by atomic mass is 9.45. The second-order valence-electron chi connectivity index (χ2n) is 10.8. The van der Waals surface area contributed by atoms with E-state index in [1.807, 2.05) is 0 Å². The van der Waals surface area contributed by atoms with Crippen molar-refractivity contribution in [3.8, 4) is 0 Å². The minimum atomic E-state index is -0.145. The first-order valence-corrected chi connectivity index (χ1v) is 13.3. The Morgan fingerprint density at radius 1 is 1.10 bits per heavy atom. The van der Waals surface area contributed by atoms with Crippen molar-refractivity contribution in [3.63, 3.8) is 0 Å². The quantitative estimate of drug-likeness (QED) is 0.401. The second-order valence-corrected chi connectivity index (χ2v) is 11.9. The normalized spacial score (nSPS) is 42.9. The lowest BCUT2D eigenvalue weighted by Gasteiger charge is -2.60. The van der Waals surface area contributed by atoms with Crippen LogP contribution in [0.2, 0.25) is 0 Å². The van der Waals surface area contributed by atoms with Crippen molar-refractivity contribution < 1.29 is 19.1 Å². The first kappa shape index (κ1) is 22.6. The smallest absolute Gasteiger partial charge is 0.315 e. The average Bonchev–Trinajstić information content (AvgIpc) is 3.05. The van der Waals surface area contributed by atoms with Crippen LogP contribution in [0, 0.1) is 34.5 Å². The largest absolute Gasteiger partial charge is 0.468 e. The van der Waals surface area contributed by atoms with Crippen LogP contribution < -0.4 is 0 Å². The summed E-state index contributed by atoms with van der Waals surface area (Å²) in [4.78, 5) is 23.7. The van der Waals surface area contributed by atoms with Gasteiger partial charge in [0.05, 0.1) is 19.0 Å². The molecule has 0 heterocycles. The molecule has 4 aliphatic rings. The van der Waals surface area contributed by atoms with Crippen molar-refractivity contribution in [2.75, 3.05) is 25.2 Å². The number of methoxy groups -OCH3 is 1. The molecule has 0 amide bonds. The van der Waals surface area contributed by atoms with Gasteiger partial charge in [-0.15, -0.1) is 0 Å². The molecule has 4 rings (SSSR count). The Bertz CT molecular complexity index is 651. The Balaban J connectivity index is 1.27. The van der Waals surface area contributed by atoms with E-state index in [9.17, 15) is 9.59 Å². The highest BCUT2D eigenvalue weighted by Gasteiger charge is 2.60. The van der Waals surface area contributed by atoms with Gasteiger partial charge in [0, 0.05) is 18.4 Å². The third-order valence-corrected chi connectivity index (χ3v) is 10.6. The molecule has 0 saturated heterocycles. The van der Waals surface area contributed by atoms with E-state index in [1.165, 1.54) is 45.6 Å². The Kier molecular flexibility index (Phi) is 6.89. The highest BCUT2D eigenvalue weighted by molar-refractivity contribution is 7.99. The number of esters is 1. The predicted octanol–water partition coefficient (Wildman–Crippen LogP) is 5.28. The summed E-state index contributed by atoms with van der Waals surface area (Å²) in [7, 11) is 1.44. The van der Waals surface area contributed by atoms with E-state index < -0.39 is 0 Å². The zero-order chi connectivity index (χ0) is 21.4. The molecule has 4 nitrogen and oxygen atoms in total. The molecule has 0 N–H and O–H groups in total. The van der Waals surface area contributed by atoms with Crippen molar-refractivity contribution in [3.05, 3.63) is 0 Å². The molecule has 0 unspecified atom stereocenters. The van der Waals surface area contributed by atoms with E-state index in [2.05, 4.69) is 18.6 Å². The highest BCUT2D eigenvalue weighted by atomic mass is 32.2. The third kappa shape index (κ3) is 4.10. The first-order chi connectivity index (χ1) is 14.4. The summed E-state index contributed by atoms with van der Waals surface area (Å²) in [6.45, 7) is 5.66. The molecular formula is C25H40O4S. The summed E-state index contributed by atoms with van der Waals surface area (Å²) >= 11 is 1.63. The second kappa shape index (κ2) is 9.13. The highest BCUT2D eigenvalue weighted by Crippen LogP contribution is 2.65. The monoisotopic (exact) mass is 436 g/mol. The standard InChI is InChI=1S/C25H40O4S/c1-24-11-9-18(29-13-4-14-30-16-23(27)28-3)15-17(24)5-6-19-20-7-8-22(26)25(20,2)12-10-21(19)24/h17-21H,4-16H2,1-3H3/t17-,18-,19-,20-,21-,24-,25-/m0/s1. The molecule has 170 valence electrons. The van der Waals surface area contributed by atoms with E-state index >= 15 is 0 Å². The summed E-state index contributed by atoms with van der Waals surface area (Å²) in [5.74, 6) is 4.83. The number of thioether (sulfide) groups is 1. The van der Waals surface area contributed by atoms with Crippen molar-refractivity contribution in [2.45, 2.75) is 84.2 Å². The molecule has 4 aliphatic carbocycles. The van der Waals surface area contributed by atoms with E-state index in [-0.39, 0.29) is 11.4 Å².